The van der Waals surface area contributed by atoms with Crippen LogP contribution in [0, 0.1) is 5.82 Å². The first kappa shape index (κ1) is 24.0. The number of nitrogens with zero attached hydrogens (tertiary/aromatic N) is 4. The lowest BCUT2D eigenvalue weighted by molar-refractivity contribution is 0.0781. The Morgan fingerprint density at radius 2 is 1.83 bits per heavy atom. The number of methoxy groups -OCH3 is 2. The summed E-state index contributed by atoms with van der Waals surface area (Å²) in [4.78, 5) is 18.3. The van der Waals surface area contributed by atoms with Crippen LogP contribution in [0.5, 0.6) is 17.5 Å². The Balaban J connectivity index is 1.74. The van der Waals surface area contributed by atoms with Crippen molar-refractivity contribution in [3.63, 3.8) is 0 Å². The van der Waals surface area contributed by atoms with Gasteiger partial charge in [-0.1, -0.05) is 0 Å². The molecule has 35 heavy (non-hydrogen) atoms. The first-order chi connectivity index (χ1) is 16.7. The Morgan fingerprint density at radius 3 is 2.43 bits per heavy atom. The number of nitrogens with one attached hydrogen (secondary N) is 2. The fourth-order valence-electron chi connectivity index (χ4n) is 3.23. The minimum Gasteiger partial charge on any atom is -0.478 e. The third-order valence-corrected chi connectivity index (χ3v) is 6.01. The van der Waals surface area contributed by atoms with E-state index in [-0.39, 0.29) is 44.6 Å². The van der Waals surface area contributed by atoms with E-state index in [9.17, 15) is 21.6 Å². The standard InChI is InChI=1S/C20H17F3N6O5S/c1-32-18-17(34-9-14(22)23)19(33-2)28-20(27-18)29-35(30,31)13-8-26-16-10(13)3-4-11(21)15(16)12-7-24-5-6-25-12/h3-8,14,26H,9H2,1-2H3,(H,27,28,29). The molecule has 3 aromatic heterocycles. The zero-order chi connectivity index (χ0) is 25.2. The Morgan fingerprint density at radius 1 is 1.11 bits per heavy atom. The van der Waals surface area contributed by atoms with E-state index >= 15 is 0 Å². The Labute approximate surface area is 196 Å². The number of fused-ring (bicyclic) bond motifs is 1. The molecule has 0 saturated carbocycles. The van der Waals surface area contributed by atoms with Crippen LogP contribution in [0.3, 0.4) is 0 Å². The molecular weight excluding hydrogens is 493 g/mol. The van der Waals surface area contributed by atoms with Crippen molar-refractivity contribution in [3.8, 4) is 28.8 Å². The molecular formula is C20H17F3N6O5S. The molecule has 0 aliphatic heterocycles. The van der Waals surface area contributed by atoms with Gasteiger partial charge in [0.2, 0.25) is 11.7 Å². The highest BCUT2D eigenvalue weighted by atomic mass is 32.2. The van der Waals surface area contributed by atoms with Gasteiger partial charge in [0.15, 0.2) is 0 Å². The molecule has 0 fully saturated rings. The lowest BCUT2D eigenvalue weighted by atomic mass is 10.1. The number of benzene rings is 1. The van der Waals surface area contributed by atoms with Gasteiger partial charge in [0, 0.05) is 24.0 Å². The molecule has 4 aromatic rings. The number of sulfonamides is 1. The van der Waals surface area contributed by atoms with Crippen molar-refractivity contribution in [2.24, 2.45) is 0 Å². The van der Waals surface area contributed by atoms with E-state index < -0.39 is 34.8 Å². The second-order valence-electron chi connectivity index (χ2n) is 6.79. The van der Waals surface area contributed by atoms with E-state index in [1.54, 1.807) is 0 Å². The molecule has 184 valence electrons. The largest absolute Gasteiger partial charge is 0.478 e. The number of hydrogen-bond acceptors (Lipinski definition) is 9. The first-order valence-corrected chi connectivity index (χ1v) is 11.2. The summed E-state index contributed by atoms with van der Waals surface area (Å²) >= 11 is 0. The number of hydrogen-bond donors (Lipinski definition) is 2. The summed E-state index contributed by atoms with van der Waals surface area (Å²) in [5, 5.41) is 0.162. The third-order valence-electron chi connectivity index (χ3n) is 4.65. The number of ether oxygens (including phenoxy) is 3. The van der Waals surface area contributed by atoms with Crippen molar-refractivity contribution in [2.45, 2.75) is 11.3 Å². The number of aromatic nitrogens is 5. The zero-order valence-corrected chi connectivity index (χ0v) is 18.9. The number of aromatic amines is 1. The number of alkyl halides is 2. The van der Waals surface area contributed by atoms with Crippen molar-refractivity contribution in [1.82, 2.24) is 24.9 Å². The van der Waals surface area contributed by atoms with E-state index in [2.05, 4.69) is 29.6 Å². The smallest absolute Gasteiger partial charge is 0.272 e. The maximum Gasteiger partial charge on any atom is 0.272 e. The Bertz CT molecular complexity index is 1440. The number of rotatable bonds is 9. The summed E-state index contributed by atoms with van der Waals surface area (Å²) in [5.74, 6) is -2.10. The van der Waals surface area contributed by atoms with Crippen LogP contribution in [0.4, 0.5) is 19.1 Å². The van der Waals surface area contributed by atoms with Crippen molar-refractivity contribution in [1.29, 1.82) is 0 Å². The summed E-state index contributed by atoms with van der Waals surface area (Å²) in [5.41, 5.74) is 0.418. The van der Waals surface area contributed by atoms with Crippen LogP contribution in [-0.4, -0.2) is 60.6 Å². The Kier molecular flexibility index (Phi) is 6.59. The van der Waals surface area contributed by atoms with Crippen LogP contribution in [-0.2, 0) is 10.0 Å². The van der Waals surface area contributed by atoms with Crippen molar-refractivity contribution in [3.05, 3.63) is 42.7 Å². The van der Waals surface area contributed by atoms with Crippen LogP contribution in [0.2, 0.25) is 0 Å². The average molecular weight is 510 g/mol. The molecule has 3 heterocycles. The highest BCUT2D eigenvalue weighted by Gasteiger charge is 2.26. The monoisotopic (exact) mass is 510 g/mol. The second kappa shape index (κ2) is 9.61. The van der Waals surface area contributed by atoms with Gasteiger partial charge in [-0.15, -0.1) is 0 Å². The third kappa shape index (κ3) is 4.75. The number of H-pyrrole nitrogens is 1. The summed E-state index contributed by atoms with van der Waals surface area (Å²) in [7, 11) is -1.98. The summed E-state index contributed by atoms with van der Waals surface area (Å²) in [6.45, 7) is -0.985. The average Bonchev–Trinajstić information content (AvgIpc) is 3.27. The lowest BCUT2D eigenvalue weighted by Gasteiger charge is -2.14. The molecule has 1 aromatic carbocycles. The molecule has 0 aliphatic carbocycles. The second-order valence-corrected chi connectivity index (χ2v) is 8.44. The lowest BCUT2D eigenvalue weighted by Crippen LogP contribution is -2.16. The van der Waals surface area contributed by atoms with E-state index in [0.29, 0.717) is 0 Å². The van der Waals surface area contributed by atoms with Crippen molar-refractivity contribution >= 4 is 26.9 Å². The van der Waals surface area contributed by atoms with E-state index in [0.717, 1.165) is 6.07 Å². The molecule has 0 amide bonds. The van der Waals surface area contributed by atoms with Crippen LogP contribution in [0.25, 0.3) is 22.2 Å². The molecule has 0 unspecified atom stereocenters. The van der Waals surface area contributed by atoms with Gasteiger partial charge in [-0.2, -0.15) is 9.97 Å². The molecule has 11 nitrogen and oxygen atoms in total. The minimum atomic E-state index is -4.33. The number of anilines is 1. The highest BCUT2D eigenvalue weighted by molar-refractivity contribution is 7.93. The van der Waals surface area contributed by atoms with E-state index in [4.69, 9.17) is 14.2 Å². The maximum absolute atomic E-state index is 14.6. The fourth-order valence-corrected chi connectivity index (χ4v) is 4.34. The molecule has 0 spiro atoms. The van der Waals surface area contributed by atoms with Gasteiger partial charge in [-0.3, -0.25) is 9.97 Å². The molecule has 4 rings (SSSR count). The SMILES string of the molecule is COc1nc(NS(=O)(=O)c2c[nH]c3c(-c4cnccn4)c(F)ccc23)nc(OC)c1OCC(F)F. The van der Waals surface area contributed by atoms with Crippen LogP contribution in [0.1, 0.15) is 0 Å². The van der Waals surface area contributed by atoms with Gasteiger partial charge in [-0.05, 0) is 12.1 Å². The molecule has 15 heteroatoms. The van der Waals surface area contributed by atoms with Gasteiger partial charge < -0.3 is 19.2 Å². The van der Waals surface area contributed by atoms with Crippen LogP contribution < -0.4 is 18.9 Å². The Hall–Kier alpha value is -4.14. The first-order valence-electron chi connectivity index (χ1n) is 9.75. The molecule has 0 aliphatic rings. The molecule has 0 saturated heterocycles. The molecule has 2 N–H and O–H groups in total. The summed E-state index contributed by atoms with van der Waals surface area (Å²) in [6.07, 6.45) is 2.52. The van der Waals surface area contributed by atoms with Crippen molar-refractivity contribution in [2.75, 3.05) is 25.5 Å². The normalized spacial score (nSPS) is 11.6. The minimum absolute atomic E-state index is 0.0390. The molecule has 0 radical (unpaired) electrons. The predicted octanol–water partition coefficient (Wildman–Crippen LogP) is 3.02. The zero-order valence-electron chi connectivity index (χ0n) is 18.1. The van der Waals surface area contributed by atoms with Gasteiger partial charge in [0.25, 0.3) is 28.2 Å². The quantitative estimate of drug-likeness (QED) is 0.348. The van der Waals surface area contributed by atoms with Gasteiger partial charge in [0.05, 0.1) is 37.2 Å². The fraction of sp³-hybridized carbons (Fsp3) is 0.200. The van der Waals surface area contributed by atoms with Gasteiger partial charge >= 0.3 is 0 Å². The van der Waals surface area contributed by atoms with Gasteiger partial charge in [-0.25, -0.2) is 26.3 Å². The summed E-state index contributed by atoms with van der Waals surface area (Å²) in [6, 6.07) is 2.40. The number of halogens is 3. The summed E-state index contributed by atoms with van der Waals surface area (Å²) < 4.78 is 83.2. The van der Waals surface area contributed by atoms with Crippen molar-refractivity contribution < 1.29 is 35.8 Å². The van der Waals surface area contributed by atoms with E-state index in [1.807, 2.05) is 0 Å². The maximum atomic E-state index is 14.6. The molecule has 0 atom stereocenters. The van der Waals surface area contributed by atoms with Crippen LogP contribution in [0.15, 0.2) is 41.8 Å². The predicted molar refractivity (Wildman–Crippen MR) is 117 cm³/mol. The highest BCUT2D eigenvalue weighted by Crippen LogP contribution is 2.37. The topological polar surface area (TPSA) is 141 Å². The van der Waals surface area contributed by atoms with Gasteiger partial charge in [0.1, 0.15) is 17.3 Å². The molecule has 0 bridgehead atoms. The van der Waals surface area contributed by atoms with Crippen LogP contribution >= 0.6 is 0 Å². The van der Waals surface area contributed by atoms with E-state index in [1.165, 1.54) is 45.1 Å².